The molecule has 86 valence electrons. The van der Waals surface area contributed by atoms with Crippen LogP contribution in [0, 0.1) is 11.8 Å². The van der Waals surface area contributed by atoms with Crippen molar-refractivity contribution in [1.29, 1.82) is 0 Å². The minimum absolute atomic E-state index is 0.0918. The fourth-order valence-electron chi connectivity index (χ4n) is 1.79. The van der Waals surface area contributed by atoms with Crippen LogP contribution >= 0.6 is 0 Å². The first-order valence-corrected chi connectivity index (χ1v) is 6.64. The Hall–Kier alpha value is -0.450. The molecular formula is C10H16FNO2S. The highest BCUT2D eigenvalue weighted by Crippen LogP contribution is 2.42. The second-order valence-corrected chi connectivity index (χ2v) is 6.05. The van der Waals surface area contributed by atoms with E-state index in [-0.39, 0.29) is 23.0 Å². The Labute approximate surface area is 91.4 Å². The van der Waals surface area contributed by atoms with Crippen molar-refractivity contribution in [2.24, 2.45) is 11.8 Å². The van der Waals surface area contributed by atoms with Gasteiger partial charge in [-0.2, -0.15) is 0 Å². The van der Waals surface area contributed by atoms with E-state index < -0.39 is 17.2 Å². The number of amides is 1. The maximum atomic E-state index is 12.6. The molecule has 2 saturated carbocycles. The molecule has 1 N–H and O–H groups in total. The quantitative estimate of drug-likeness (QED) is 0.778. The third-order valence-corrected chi connectivity index (χ3v) is 4.39. The molecule has 2 aliphatic rings. The maximum Gasteiger partial charge on any atom is 0.235 e. The summed E-state index contributed by atoms with van der Waals surface area (Å²) in [7, 11) is -1.19. The van der Waals surface area contributed by atoms with Crippen LogP contribution in [0.3, 0.4) is 0 Å². The first-order chi connectivity index (χ1) is 7.08. The molecule has 2 aliphatic carbocycles. The van der Waals surface area contributed by atoms with Gasteiger partial charge in [-0.3, -0.25) is 9.52 Å². The number of halogens is 1. The summed E-state index contributed by atoms with van der Waals surface area (Å²) in [6, 6.07) is 0. The van der Waals surface area contributed by atoms with Crippen molar-refractivity contribution in [2.45, 2.75) is 44.0 Å². The van der Waals surface area contributed by atoms with Gasteiger partial charge in [0.05, 0.1) is 11.4 Å². The summed E-state index contributed by atoms with van der Waals surface area (Å²) in [5, 5.41) is 0.172. The van der Waals surface area contributed by atoms with E-state index in [9.17, 15) is 13.4 Å². The number of nitrogens with one attached hydrogen (secondary N) is 1. The summed E-state index contributed by atoms with van der Waals surface area (Å²) >= 11 is 0. The van der Waals surface area contributed by atoms with E-state index in [4.69, 9.17) is 0 Å². The van der Waals surface area contributed by atoms with Crippen LogP contribution in [-0.4, -0.2) is 21.5 Å². The molecule has 15 heavy (non-hydrogen) atoms. The van der Waals surface area contributed by atoms with Gasteiger partial charge < -0.3 is 0 Å². The number of rotatable bonds is 5. The van der Waals surface area contributed by atoms with Gasteiger partial charge in [-0.1, -0.05) is 0 Å². The second-order valence-electron chi connectivity index (χ2n) is 4.58. The standard InChI is InChI=1S/C10H16FNO2S/c1-6(11)4-7-5-9(7)10(13)12-15(14)8-2-3-8/h6-9H,2-5H2,1H3,(H,12,13)/t6?,7-,9+,15?/m1/s1. The van der Waals surface area contributed by atoms with Crippen molar-refractivity contribution in [3.05, 3.63) is 0 Å². The molecule has 0 radical (unpaired) electrons. The number of alkyl halides is 1. The first-order valence-electron chi connectivity index (χ1n) is 5.43. The molecule has 5 heteroatoms. The zero-order valence-corrected chi connectivity index (χ0v) is 9.56. The molecule has 0 aromatic rings. The van der Waals surface area contributed by atoms with E-state index in [1.165, 1.54) is 6.92 Å². The number of hydrogen-bond donors (Lipinski definition) is 1. The van der Waals surface area contributed by atoms with Crippen LogP contribution in [0.1, 0.15) is 32.6 Å². The molecule has 0 saturated heterocycles. The van der Waals surface area contributed by atoms with Crippen LogP contribution in [0.4, 0.5) is 4.39 Å². The van der Waals surface area contributed by atoms with Gasteiger partial charge in [0.25, 0.3) is 0 Å². The third-order valence-electron chi connectivity index (χ3n) is 2.92. The number of hydrogen-bond acceptors (Lipinski definition) is 2. The van der Waals surface area contributed by atoms with E-state index in [2.05, 4.69) is 4.72 Å². The first kappa shape index (κ1) is 11.0. The van der Waals surface area contributed by atoms with Crippen molar-refractivity contribution in [2.75, 3.05) is 0 Å². The van der Waals surface area contributed by atoms with Gasteiger partial charge in [0.1, 0.15) is 11.0 Å². The van der Waals surface area contributed by atoms with Crippen molar-refractivity contribution >= 4 is 16.9 Å². The Kier molecular flexibility index (Phi) is 3.09. The molecule has 1 amide bonds. The van der Waals surface area contributed by atoms with Crippen LogP contribution in [-0.2, 0) is 15.8 Å². The second kappa shape index (κ2) is 4.20. The lowest BCUT2D eigenvalue weighted by molar-refractivity contribution is -0.120. The van der Waals surface area contributed by atoms with Crippen LogP contribution in [0.5, 0.6) is 0 Å². The molecule has 2 fully saturated rings. The summed E-state index contributed by atoms with van der Waals surface area (Å²) < 4.78 is 26.5. The smallest absolute Gasteiger partial charge is 0.235 e. The van der Waals surface area contributed by atoms with Gasteiger partial charge in [-0.15, -0.1) is 0 Å². The van der Waals surface area contributed by atoms with Crippen LogP contribution in [0.15, 0.2) is 0 Å². The molecule has 0 aliphatic heterocycles. The lowest BCUT2D eigenvalue weighted by atomic mass is 10.2. The maximum absolute atomic E-state index is 12.6. The molecule has 2 unspecified atom stereocenters. The van der Waals surface area contributed by atoms with Gasteiger partial charge >= 0.3 is 0 Å². The molecule has 0 spiro atoms. The Bertz CT molecular complexity index is 291. The van der Waals surface area contributed by atoms with E-state index >= 15 is 0 Å². The van der Waals surface area contributed by atoms with E-state index in [0.29, 0.717) is 6.42 Å². The summed E-state index contributed by atoms with van der Waals surface area (Å²) in [4.78, 5) is 11.5. The summed E-state index contributed by atoms with van der Waals surface area (Å²) in [5.41, 5.74) is 0. The zero-order valence-electron chi connectivity index (χ0n) is 8.74. The van der Waals surface area contributed by atoms with Gasteiger partial charge in [0.15, 0.2) is 0 Å². The normalized spacial score (nSPS) is 33.2. The molecule has 0 bridgehead atoms. The summed E-state index contributed by atoms with van der Waals surface area (Å²) in [6.07, 6.45) is 2.25. The topological polar surface area (TPSA) is 46.2 Å². The molecular weight excluding hydrogens is 217 g/mol. The van der Waals surface area contributed by atoms with E-state index in [1.54, 1.807) is 0 Å². The fourth-order valence-corrected chi connectivity index (χ4v) is 2.87. The molecule has 0 heterocycles. The predicted octanol–water partition coefficient (Wildman–Crippen LogP) is 1.31. The van der Waals surface area contributed by atoms with Gasteiger partial charge in [-0.25, -0.2) is 8.60 Å². The van der Waals surface area contributed by atoms with Crippen molar-refractivity contribution in [3.63, 3.8) is 0 Å². The molecule has 3 nitrogen and oxygen atoms in total. The average Bonchev–Trinajstić information content (AvgIpc) is 2.97. The minimum Gasteiger partial charge on any atom is -0.275 e. The largest absolute Gasteiger partial charge is 0.275 e. The van der Waals surface area contributed by atoms with Crippen molar-refractivity contribution in [1.82, 2.24) is 4.72 Å². The molecule has 0 aromatic carbocycles. The van der Waals surface area contributed by atoms with Gasteiger partial charge in [0, 0.05) is 5.92 Å². The Morgan fingerprint density at radius 3 is 2.80 bits per heavy atom. The van der Waals surface area contributed by atoms with E-state index in [0.717, 1.165) is 19.3 Å². The summed E-state index contributed by atoms with van der Waals surface area (Å²) in [5.74, 6) is -0.0713. The van der Waals surface area contributed by atoms with Crippen molar-refractivity contribution in [3.8, 4) is 0 Å². The predicted molar refractivity (Wildman–Crippen MR) is 56.1 cm³/mol. The average molecular weight is 233 g/mol. The molecule has 2 rings (SSSR count). The third kappa shape index (κ3) is 3.00. The zero-order chi connectivity index (χ0) is 11.0. The fraction of sp³-hybridized carbons (Fsp3) is 0.900. The SMILES string of the molecule is CC(F)C[C@@H]1C[C@@H]1C(=O)NS(=O)C1CC1. The highest BCUT2D eigenvalue weighted by atomic mass is 32.2. The number of carbonyl (C=O) groups excluding carboxylic acids is 1. The van der Waals surface area contributed by atoms with Crippen LogP contribution in [0.25, 0.3) is 0 Å². The Balaban J connectivity index is 1.71. The van der Waals surface area contributed by atoms with Crippen molar-refractivity contribution < 1.29 is 13.4 Å². The van der Waals surface area contributed by atoms with Gasteiger partial charge in [-0.05, 0) is 38.5 Å². The molecule has 0 aromatic heterocycles. The van der Waals surface area contributed by atoms with E-state index in [1.807, 2.05) is 0 Å². The highest BCUT2D eigenvalue weighted by molar-refractivity contribution is 7.84. The number of carbonyl (C=O) groups is 1. The van der Waals surface area contributed by atoms with Crippen LogP contribution < -0.4 is 4.72 Å². The van der Waals surface area contributed by atoms with Gasteiger partial charge in [0.2, 0.25) is 5.91 Å². The highest BCUT2D eigenvalue weighted by Gasteiger charge is 2.44. The summed E-state index contributed by atoms with van der Waals surface area (Å²) in [6.45, 7) is 1.51. The minimum atomic E-state index is -1.19. The molecule has 4 atom stereocenters. The lowest BCUT2D eigenvalue weighted by Crippen LogP contribution is -2.29. The monoisotopic (exact) mass is 233 g/mol. The Morgan fingerprint density at radius 1 is 1.60 bits per heavy atom. The Morgan fingerprint density at radius 2 is 2.27 bits per heavy atom. The van der Waals surface area contributed by atoms with Crippen LogP contribution in [0.2, 0.25) is 0 Å². The lowest BCUT2D eigenvalue weighted by Gasteiger charge is -2.03.